The van der Waals surface area contributed by atoms with Gasteiger partial charge in [0.05, 0.1) is 5.69 Å². The average molecular weight is 207 g/mol. The number of hydrogen-bond donors (Lipinski definition) is 0. The quantitative estimate of drug-likeness (QED) is 0.740. The van der Waals surface area contributed by atoms with Gasteiger partial charge in [-0.15, -0.1) is 0 Å². The molecule has 78 valence electrons. The van der Waals surface area contributed by atoms with Crippen LogP contribution in [-0.4, -0.2) is 4.98 Å². The highest BCUT2D eigenvalue weighted by molar-refractivity contribution is 5.77. The lowest BCUT2D eigenvalue weighted by Gasteiger charge is -2.07. The molecule has 0 atom stereocenters. The second-order valence-electron chi connectivity index (χ2n) is 3.44. The highest BCUT2D eigenvalue weighted by Crippen LogP contribution is 2.25. The van der Waals surface area contributed by atoms with Gasteiger partial charge >= 0.3 is 0 Å². The molecule has 2 aromatic rings. The molecule has 0 aliphatic rings. The third-order valence-electron chi connectivity index (χ3n) is 2.50. The Kier molecular flexibility index (Phi) is 2.97. The Bertz CT molecular complexity index is 512. The van der Waals surface area contributed by atoms with Gasteiger partial charge in [-0.05, 0) is 11.6 Å². The molecule has 1 aromatic carbocycles. The molecule has 2 rings (SSSR count). The van der Waals surface area contributed by atoms with E-state index in [1.807, 2.05) is 48.6 Å². The van der Waals surface area contributed by atoms with Crippen LogP contribution in [0.4, 0.5) is 0 Å². The number of nitrogens with zero attached hydrogens (tertiary/aromatic N) is 1. The van der Waals surface area contributed by atoms with Crippen LogP contribution in [-0.2, 0) is 0 Å². The topological polar surface area (TPSA) is 12.9 Å². The minimum Gasteiger partial charge on any atom is -0.256 e. The molecule has 1 aromatic heterocycles. The maximum absolute atomic E-state index is 4.41. The van der Waals surface area contributed by atoms with E-state index >= 15 is 0 Å². The van der Waals surface area contributed by atoms with E-state index in [9.17, 15) is 0 Å². The molecule has 16 heavy (non-hydrogen) atoms. The Morgan fingerprint density at radius 1 is 0.938 bits per heavy atom. The lowest BCUT2D eigenvalue weighted by Crippen LogP contribution is -1.90. The van der Waals surface area contributed by atoms with Crippen LogP contribution < -0.4 is 0 Å². The first-order valence-corrected chi connectivity index (χ1v) is 5.16. The van der Waals surface area contributed by atoms with Crippen molar-refractivity contribution in [2.75, 3.05) is 0 Å². The van der Waals surface area contributed by atoms with Gasteiger partial charge in [0.15, 0.2) is 0 Å². The molecule has 0 N–H and O–H groups in total. The van der Waals surface area contributed by atoms with Crippen molar-refractivity contribution in [3.8, 4) is 11.3 Å². The Morgan fingerprint density at radius 3 is 2.31 bits per heavy atom. The van der Waals surface area contributed by atoms with Crippen LogP contribution in [0.3, 0.4) is 0 Å². The average Bonchev–Trinajstić information content (AvgIpc) is 2.38. The third kappa shape index (κ3) is 1.80. The molecule has 0 radical (unpaired) electrons. The second kappa shape index (κ2) is 4.58. The normalized spacial score (nSPS) is 9.75. The molecule has 0 amide bonds. The first kappa shape index (κ1) is 10.4. The SMILES string of the molecule is C=Cc1ccnc(-c2ccccc2)c1C=C. The zero-order valence-corrected chi connectivity index (χ0v) is 9.06. The summed E-state index contributed by atoms with van der Waals surface area (Å²) in [4.78, 5) is 4.41. The lowest BCUT2D eigenvalue weighted by molar-refractivity contribution is 1.31. The van der Waals surface area contributed by atoms with Crippen LogP contribution in [0.2, 0.25) is 0 Å². The van der Waals surface area contributed by atoms with Gasteiger partial charge in [-0.1, -0.05) is 55.6 Å². The molecular weight excluding hydrogens is 194 g/mol. The zero-order valence-electron chi connectivity index (χ0n) is 9.06. The highest BCUT2D eigenvalue weighted by Gasteiger charge is 2.06. The second-order valence-corrected chi connectivity index (χ2v) is 3.44. The van der Waals surface area contributed by atoms with Gasteiger partial charge in [-0.25, -0.2) is 0 Å². The largest absolute Gasteiger partial charge is 0.256 e. The van der Waals surface area contributed by atoms with E-state index in [4.69, 9.17) is 0 Å². The fraction of sp³-hybridized carbons (Fsp3) is 0. The Hall–Kier alpha value is -2.15. The van der Waals surface area contributed by atoms with Crippen LogP contribution in [0.25, 0.3) is 23.4 Å². The number of benzene rings is 1. The van der Waals surface area contributed by atoms with Gasteiger partial charge in [0, 0.05) is 17.3 Å². The molecular formula is C15H13N. The maximum atomic E-state index is 4.41. The minimum atomic E-state index is 0.952. The number of hydrogen-bond acceptors (Lipinski definition) is 1. The monoisotopic (exact) mass is 207 g/mol. The summed E-state index contributed by atoms with van der Waals surface area (Å²) in [6.45, 7) is 7.64. The Balaban J connectivity index is 2.66. The van der Waals surface area contributed by atoms with Crippen molar-refractivity contribution < 1.29 is 0 Å². The van der Waals surface area contributed by atoms with E-state index in [1.54, 1.807) is 6.20 Å². The van der Waals surface area contributed by atoms with E-state index in [0.29, 0.717) is 0 Å². The fourth-order valence-corrected chi connectivity index (χ4v) is 1.71. The zero-order chi connectivity index (χ0) is 11.4. The summed E-state index contributed by atoms with van der Waals surface area (Å²) < 4.78 is 0. The maximum Gasteiger partial charge on any atom is 0.0780 e. The summed E-state index contributed by atoms with van der Waals surface area (Å²) in [7, 11) is 0. The molecule has 0 aliphatic carbocycles. The molecule has 1 heteroatoms. The molecule has 0 unspecified atom stereocenters. The smallest absolute Gasteiger partial charge is 0.0780 e. The van der Waals surface area contributed by atoms with E-state index in [0.717, 1.165) is 22.4 Å². The van der Waals surface area contributed by atoms with Gasteiger partial charge in [0.25, 0.3) is 0 Å². The van der Waals surface area contributed by atoms with Gasteiger partial charge in [-0.2, -0.15) is 0 Å². The van der Waals surface area contributed by atoms with E-state index in [1.165, 1.54) is 0 Å². The minimum absolute atomic E-state index is 0.952. The molecule has 1 nitrogen and oxygen atoms in total. The van der Waals surface area contributed by atoms with Crippen LogP contribution in [0.5, 0.6) is 0 Å². The molecule has 0 spiro atoms. The van der Waals surface area contributed by atoms with E-state index in [2.05, 4.69) is 18.1 Å². The lowest BCUT2D eigenvalue weighted by atomic mass is 10.0. The molecule has 1 heterocycles. The van der Waals surface area contributed by atoms with Gasteiger partial charge in [-0.3, -0.25) is 4.98 Å². The molecule has 0 saturated carbocycles. The van der Waals surface area contributed by atoms with Crippen LogP contribution >= 0.6 is 0 Å². The van der Waals surface area contributed by atoms with Crippen molar-refractivity contribution in [3.05, 3.63) is 66.9 Å². The van der Waals surface area contributed by atoms with Crippen molar-refractivity contribution in [1.29, 1.82) is 0 Å². The number of aromatic nitrogens is 1. The van der Waals surface area contributed by atoms with Crippen molar-refractivity contribution >= 4 is 12.2 Å². The van der Waals surface area contributed by atoms with Gasteiger partial charge < -0.3 is 0 Å². The van der Waals surface area contributed by atoms with Crippen molar-refractivity contribution in [2.45, 2.75) is 0 Å². The summed E-state index contributed by atoms with van der Waals surface area (Å²) in [6.07, 6.45) is 5.45. The molecule has 0 bridgehead atoms. The summed E-state index contributed by atoms with van der Waals surface area (Å²) >= 11 is 0. The Morgan fingerprint density at radius 2 is 1.69 bits per heavy atom. The summed E-state index contributed by atoms with van der Waals surface area (Å²) in [5.74, 6) is 0. The standard InChI is InChI=1S/C15H13N/c1-3-12-10-11-16-15(14(12)4-2)13-8-6-5-7-9-13/h3-11H,1-2H2. The van der Waals surface area contributed by atoms with Gasteiger partial charge in [0.1, 0.15) is 0 Å². The number of pyridine rings is 1. The predicted molar refractivity (Wildman–Crippen MR) is 69.9 cm³/mol. The first-order valence-electron chi connectivity index (χ1n) is 5.16. The van der Waals surface area contributed by atoms with Gasteiger partial charge in [0.2, 0.25) is 0 Å². The number of rotatable bonds is 3. The molecule has 0 saturated heterocycles. The van der Waals surface area contributed by atoms with Crippen molar-refractivity contribution in [2.24, 2.45) is 0 Å². The predicted octanol–water partition coefficient (Wildman–Crippen LogP) is 4.03. The van der Waals surface area contributed by atoms with Crippen LogP contribution in [0.1, 0.15) is 11.1 Å². The Labute approximate surface area is 95.8 Å². The van der Waals surface area contributed by atoms with Crippen molar-refractivity contribution in [3.63, 3.8) is 0 Å². The third-order valence-corrected chi connectivity index (χ3v) is 2.50. The van der Waals surface area contributed by atoms with E-state index in [-0.39, 0.29) is 0 Å². The van der Waals surface area contributed by atoms with Crippen LogP contribution in [0.15, 0.2) is 55.8 Å². The first-order chi connectivity index (χ1) is 7.86. The van der Waals surface area contributed by atoms with E-state index < -0.39 is 0 Å². The highest BCUT2D eigenvalue weighted by atomic mass is 14.7. The molecule has 0 aliphatic heterocycles. The fourth-order valence-electron chi connectivity index (χ4n) is 1.71. The molecule has 0 fully saturated rings. The van der Waals surface area contributed by atoms with Crippen LogP contribution in [0, 0.1) is 0 Å². The summed E-state index contributed by atoms with van der Waals surface area (Å²) in [5.41, 5.74) is 4.14. The van der Waals surface area contributed by atoms with Crippen molar-refractivity contribution in [1.82, 2.24) is 4.98 Å². The summed E-state index contributed by atoms with van der Waals surface area (Å²) in [6, 6.07) is 12.0. The summed E-state index contributed by atoms with van der Waals surface area (Å²) in [5, 5.41) is 0.